The summed E-state index contributed by atoms with van der Waals surface area (Å²) in [6, 6.07) is 9.52. The first kappa shape index (κ1) is 5.00. The van der Waals surface area contributed by atoms with Crippen LogP contribution in [0.3, 0.4) is 0 Å². The van der Waals surface area contributed by atoms with E-state index in [2.05, 4.69) is 0 Å². The van der Waals surface area contributed by atoms with Gasteiger partial charge in [0.05, 0.1) is 1.37 Å². The Morgan fingerprint density at radius 1 is 1.33 bits per heavy atom. The number of aryl methyl sites for hydroxylation is 1. The first-order valence-corrected chi connectivity index (χ1v) is 2.93. The van der Waals surface area contributed by atoms with Crippen molar-refractivity contribution >= 4 is 0 Å². The van der Waals surface area contributed by atoms with Gasteiger partial charge in [-0.25, -0.2) is 0 Å². The quantitative estimate of drug-likeness (QED) is 0.627. The molecule has 0 heterocycles. The van der Waals surface area contributed by atoms with Crippen molar-refractivity contribution in [2.75, 3.05) is 6.58 Å². The van der Waals surface area contributed by atoms with Crippen molar-refractivity contribution in [1.82, 2.24) is 0 Å². The van der Waals surface area contributed by atoms with Crippen molar-refractivity contribution < 1.29 is 6.48 Å². The van der Waals surface area contributed by atoms with Crippen LogP contribution in [-0.2, 0) is 6.42 Å². The standard InChI is InChI=1S/C8H10O/c9-7-6-8-4-2-1-3-5-8/h1-5,9H,6-7H2/i7D/t7-/m1/s1. The van der Waals surface area contributed by atoms with Gasteiger partial charge in [0.25, 0.3) is 0 Å². The number of aliphatic hydroxyl groups is 1. The molecule has 1 heteroatoms. The second-order valence-electron chi connectivity index (χ2n) is 1.87. The van der Waals surface area contributed by atoms with E-state index in [9.17, 15) is 0 Å². The highest BCUT2D eigenvalue weighted by atomic mass is 16.2. The van der Waals surface area contributed by atoms with Gasteiger partial charge in [0, 0.05) is 6.58 Å². The molecule has 0 unspecified atom stereocenters. The van der Waals surface area contributed by atoms with Gasteiger partial charge in [-0.15, -0.1) is 0 Å². The largest absolute Gasteiger partial charge is 0.396 e. The maximum atomic E-state index is 8.67. The summed E-state index contributed by atoms with van der Waals surface area (Å²) in [5, 5.41) is 8.67. The SMILES string of the molecule is [2H][C@@H](O)Cc1ccccc1. The molecule has 0 saturated carbocycles. The van der Waals surface area contributed by atoms with Crippen LogP contribution in [0.2, 0.25) is 0 Å². The van der Waals surface area contributed by atoms with Gasteiger partial charge in [-0.05, 0) is 12.0 Å². The molecule has 0 spiro atoms. The Labute approximate surface area is 56.4 Å². The molecule has 1 rings (SSSR count). The van der Waals surface area contributed by atoms with Crippen LogP contribution in [0.15, 0.2) is 30.3 Å². The Bertz CT molecular complexity index is 184. The number of benzene rings is 1. The molecule has 1 atom stereocenters. The molecule has 1 aromatic carbocycles. The fourth-order valence-electron chi connectivity index (χ4n) is 0.720. The van der Waals surface area contributed by atoms with Gasteiger partial charge >= 0.3 is 0 Å². The van der Waals surface area contributed by atoms with Gasteiger partial charge in [0.2, 0.25) is 0 Å². The number of hydrogen-bond acceptors (Lipinski definition) is 1. The van der Waals surface area contributed by atoms with Crippen molar-refractivity contribution in [3.05, 3.63) is 35.9 Å². The minimum atomic E-state index is -0.984. The van der Waals surface area contributed by atoms with E-state index < -0.39 is 6.58 Å². The van der Waals surface area contributed by atoms with Crippen LogP contribution in [0.4, 0.5) is 0 Å². The molecule has 0 saturated heterocycles. The van der Waals surface area contributed by atoms with E-state index in [-0.39, 0.29) is 0 Å². The zero-order valence-corrected chi connectivity index (χ0v) is 5.12. The van der Waals surface area contributed by atoms with Gasteiger partial charge in [-0.3, -0.25) is 0 Å². The summed E-state index contributed by atoms with van der Waals surface area (Å²) in [7, 11) is 0. The van der Waals surface area contributed by atoms with Crippen molar-refractivity contribution in [3.8, 4) is 0 Å². The van der Waals surface area contributed by atoms with E-state index in [1.54, 1.807) is 0 Å². The highest BCUT2D eigenvalue weighted by molar-refractivity contribution is 5.14. The zero-order valence-electron chi connectivity index (χ0n) is 6.12. The van der Waals surface area contributed by atoms with Gasteiger partial charge in [0.1, 0.15) is 0 Å². The predicted molar refractivity (Wildman–Crippen MR) is 37.2 cm³/mol. The molecular formula is C8H10O. The Morgan fingerprint density at radius 2 is 2.00 bits per heavy atom. The first-order chi connectivity index (χ1) is 4.79. The predicted octanol–water partition coefficient (Wildman–Crippen LogP) is 1.22. The van der Waals surface area contributed by atoms with Gasteiger partial charge in [-0.1, -0.05) is 30.3 Å². The van der Waals surface area contributed by atoms with Crippen molar-refractivity contribution in [3.63, 3.8) is 0 Å². The topological polar surface area (TPSA) is 20.2 Å². The molecule has 0 radical (unpaired) electrons. The van der Waals surface area contributed by atoms with E-state index in [0.29, 0.717) is 6.42 Å². The second-order valence-corrected chi connectivity index (χ2v) is 1.87. The van der Waals surface area contributed by atoms with Crippen LogP contribution in [0.1, 0.15) is 6.93 Å². The van der Waals surface area contributed by atoms with E-state index in [1.807, 2.05) is 30.3 Å². The summed E-state index contributed by atoms with van der Waals surface area (Å²) in [5.74, 6) is 0. The maximum Gasteiger partial charge on any atom is 0.0567 e. The van der Waals surface area contributed by atoms with Gasteiger partial charge in [0.15, 0.2) is 0 Å². The Kier molecular flexibility index (Phi) is 1.81. The minimum Gasteiger partial charge on any atom is -0.396 e. The minimum absolute atomic E-state index is 0.418. The molecule has 0 aliphatic carbocycles. The van der Waals surface area contributed by atoms with Crippen LogP contribution in [0.5, 0.6) is 0 Å². The van der Waals surface area contributed by atoms with Gasteiger partial charge in [-0.2, -0.15) is 0 Å². The van der Waals surface area contributed by atoms with Crippen molar-refractivity contribution in [1.29, 1.82) is 0 Å². The van der Waals surface area contributed by atoms with E-state index >= 15 is 0 Å². The molecule has 1 N–H and O–H groups in total. The maximum absolute atomic E-state index is 8.67. The van der Waals surface area contributed by atoms with Crippen LogP contribution in [-0.4, -0.2) is 11.7 Å². The Morgan fingerprint density at radius 3 is 2.56 bits per heavy atom. The lowest BCUT2D eigenvalue weighted by Crippen LogP contribution is -1.88. The second kappa shape index (κ2) is 3.25. The summed E-state index contributed by atoms with van der Waals surface area (Å²) >= 11 is 0. The van der Waals surface area contributed by atoms with Crippen molar-refractivity contribution in [2.45, 2.75) is 6.42 Å². The fraction of sp³-hybridized carbons (Fsp3) is 0.250. The molecule has 0 aliphatic heterocycles. The average Bonchev–Trinajstić information content (AvgIpc) is 1.88. The fourth-order valence-corrected chi connectivity index (χ4v) is 0.720. The van der Waals surface area contributed by atoms with Gasteiger partial charge < -0.3 is 5.11 Å². The monoisotopic (exact) mass is 123 g/mol. The van der Waals surface area contributed by atoms with E-state index in [1.165, 1.54) is 0 Å². The van der Waals surface area contributed by atoms with E-state index in [0.717, 1.165) is 5.56 Å². The van der Waals surface area contributed by atoms with Crippen LogP contribution < -0.4 is 0 Å². The third-order valence-corrected chi connectivity index (χ3v) is 1.17. The number of hydrogen-bond donors (Lipinski definition) is 1. The molecular weight excluding hydrogens is 112 g/mol. The lowest BCUT2D eigenvalue weighted by atomic mass is 10.2. The molecule has 0 fully saturated rings. The van der Waals surface area contributed by atoms with Crippen LogP contribution >= 0.6 is 0 Å². The van der Waals surface area contributed by atoms with Crippen LogP contribution in [0.25, 0.3) is 0 Å². The lowest BCUT2D eigenvalue weighted by Gasteiger charge is -1.93. The highest BCUT2D eigenvalue weighted by Crippen LogP contribution is 1.97. The summed E-state index contributed by atoms with van der Waals surface area (Å²) in [6.45, 7) is -0.984. The lowest BCUT2D eigenvalue weighted by molar-refractivity contribution is 0.299. The molecule has 48 valence electrons. The number of aliphatic hydroxyl groups excluding tert-OH is 1. The Balaban J connectivity index is 2.59. The zero-order chi connectivity index (χ0) is 7.40. The molecule has 1 nitrogen and oxygen atoms in total. The smallest absolute Gasteiger partial charge is 0.0567 e. The molecule has 1 aromatic rings. The third kappa shape index (κ3) is 1.86. The van der Waals surface area contributed by atoms with E-state index in [4.69, 9.17) is 6.48 Å². The summed E-state index contributed by atoms with van der Waals surface area (Å²) < 4.78 is 6.87. The number of rotatable bonds is 2. The first-order valence-electron chi connectivity index (χ1n) is 3.51. The van der Waals surface area contributed by atoms with Crippen LogP contribution in [0, 0.1) is 0 Å². The average molecular weight is 123 g/mol. The summed E-state index contributed by atoms with van der Waals surface area (Å²) in [5.41, 5.74) is 1.00. The molecule has 0 amide bonds. The van der Waals surface area contributed by atoms with Crippen molar-refractivity contribution in [2.24, 2.45) is 0 Å². The molecule has 0 aromatic heterocycles. The molecule has 0 aliphatic rings. The Hall–Kier alpha value is -0.820. The molecule has 0 bridgehead atoms. The molecule has 9 heavy (non-hydrogen) atoms. The highest BCUT2D eigenvalue weighted by Gasteiger charge is 1.85. The normalized spacial score (nSPS) is 14.6. The summed E-state index contributed by atoms with van der Waals surface area (Å²) in [4.78, 5) is 0. The third-order valence-electron chi connectivity index (χ3n) is 1.17. The summed E-state index contributed by atoms with van der Waals surface area (Å²) in [6.07, 6.45) is 0.418.